The fourth-order valence-corrected chi connectivity index (χ4v) is 3.70. The second kappa shape index (κ2) is 9.08. The van der Waals surface area contributed by atoms with Crippen LogP contribution >= 0.6 is 11.8 Å². The van der Waals surface area contributed by atoms with Gasteiger partial charge < -0.3 is 9.30 Å². The van der Waals surface area contributed by atoms with Gasteiger partial charge in [-0.3, -0.25) is 14.8 Å². The van der Waals surface area contributed by atoms with E-state index in [2.05, 4.69) is 41.3 Å². The molecule has 9 nitrogen and oxygen atoms in total. The minimum absolute atomic E-state index is 0.0336. The van der Waals surface area contributed by atoms with Crippen LogP contribution in [-0.4, -0.2) is 29.5 Å². The smallest absolute Gasteiger partial charge is 0.307 e. The number of nitro groups is 1. The molecule has 1 unspecified atom stereocenters. The first-order valence-electron chi connectivity index (χ1n) is 9.38. The molecule has 0 fully saturated rings. The average Bonchev–Trinajstić information content (AvgIpc) is 3.33. The van der Waals surface area contributed by atoms with E-state index in [4.69, 9.17) is 4.74 Å². The third-order valence-corrected chi connectivity index (χ3v) is 5.40. The number of benzene rings is 1. The van der Waals surface area contributed by atoms with Gasteiger partial charge in [-0.05, 0) is 37.5 Å². The molecule has 1 aromatic carbocycles. The molecule has 0 N–H and O–H groups in total. The topological polar surface area (TPSA) is 101 Å². The lowest BCUT2D eigenvalue weighted by Gasteiger charge is -2.16. The zero-order valence-corrected chi connectivity index (χ0v) is 17.7. The standard InChI is InChI=1S/C19H24N6O3S/c1-5-24-18(14(4)28-17-8-6-15(7-9-17)13(2)3)21-22-19(24)29-12-23-11-16(10-20-23)25(26)27/h6-11,13-14H,5,12H2,1-4H3. The molecule has 2 aromatic heterocycles. The van der Waals surface area contributed by atoms with E-state index in [1.807, 2.05) is 30.5 Å². The van der Waals surface area contributed by atoms with E-state index in [1.54, 1.807) is 0 Å². The van der Waals surface area contributed by atoms with Gasteiger partial charge in [0.25, 0.3) is 0 Å². The maximum atomic E-state index is 10.8. The molecule has 2 heterocycles. The van der Waals surface area contributed by atoms with E-state index >= 15 is 0 Å². The van der Waals surface area contributed by atoms with Gasteiger partial charge >= 0.3 is 5.69 Å². The molecule has 29 heavy (non-hydrogen) atoms. The van der Waals surface area contributed by atoms with Crippen molar-refractivity contribution in [2.45, 2.75) is 57.3 Å². The lowest BCUT2D eigenvalue weighted by molar-refractivity contribution is -0.385. The molecule has 154 valence electrons. The van der Waals surface area contributed by atoms with Gasteiger partial charge in [-0.2, -0.15) is 5.10 Å². The Bertz CT molecular complexity index is 967. The molecule has 3 rings (SSSR count). The van der Waals surface area contributed by atoms with Gasteiger partial charge in [-0.25, -0.2) is 0 Å². The van der Waals surface area contributed by atoms with Crippen LogP contribution in [0.1, 0.15) is 51.1 Å². The molecule has 0 aliphatic heterocycles. The summed E-state index contributed by atoms with van der Waals surface area (Å²) in [4.78, 5) is 10.3. The van der Waals surface area contributed by atoms with Crippen LogP contribution in [0.25, 0.3) is 0 Å². The molecule has 0 bridgehead atoms. The Morgan fingerprint density at radius 3 is 2.52 bits per heavy atom. The predicted molar refractivity (Wildman–Crippen MR) is 110 cm³/mol. The number of rotatable bonds is 9. The second-order valence-electron chi connectivity index (χ2n) is 6.84. The normalized spacial score (nSPS) is 12.3. The van der Waals surface area contributed by atoms with Crippen LogP contribution in [0.5, 0.6) is 5.75 Å². The highest BCUT2D eigenvalue weighted by Gasteiger charge is 2.19. The molecular formula is C19H24N6O3S. The number of hydrogen-bond donors (Lipinski definition) is 0. The highest BCUT2D eigenvalue weighted by atomic mass is 32.2. The van der Waals surface area contributed by atoms with Crippen LogP contribution in [0, 0.1) is 10.1 Å². The molecule has 1 atom stereocenters. The summed E-state index contributed by atoms with van der Waals surface area (Å²) in [5.41, 5.74) is 1.23. The van der Waals surface area contributed by atoms with Crippen LogP contribution < -0.4 is 4.74 Å². The van der Waals surface area contributed by atoms with Crippen LogP contribution in [0.2, 0.25) is 0 Å². The van der Waals surface area contributed by atoms with Crippen LogP contribution in [0.3, 0.4) is 0 Å². The highest BCUT2D eigenvalue weighted by molar-refractivity contribution is 7.98. The minimum atomic E-state index is -0.465. The summed E-state index contributed by atoms with van der Waals surface area (Å²) in [6, 6.07) is 8.08. The molecule has 0 aliphatic rings. The number of ether oxygens (including phenoxy) is 1. The van der Waals surface area contributed by atoms with Crippen LogP contribution in [0.15, 0.2) is 41.8 Å². The Morgan fingerprint density at radius 2 is 1.93 bits per heavy atom. The quantitative estimate of drug-likeness (QED) is 0.289. The van der Waals surface area contributed by atoms with E-state index in [9.17, 15) is 10.1 Å². The highest BCUT2D eigenvalue weighted by Crippen LogP contribution is 2.26. The first-order chi connectivity index (χ1) is 13.9. The Hall–Kier alpha value is -2.88. The Morgan fingerprint density at radius 1 is 1.21 bits per heavy atom. The van der Waals surface area contributed by atoms with Crippen molar-refractivity contribution in [3.8, 4) is 5.75 Å². The van der Waals surface area contributed by atoms with Crippen molar-refractivity contribution in [2.75, 3.05) is 0 Å². The van der Waals surface area contributed by atoms with Gasteiger partial charge in [0.1, 0.15) is 18.1 Å². The van der Waals surface area contributed by atoms with Crippen LogP contribution in [-0.2, 0) is 12.4 Å². The molecule has 0 radical (unpaired) electrons. The van der Waals surface area contributed by atoms with Gasteiger partial charge in [-0.1, -0.05) is 37.7 Å². The van der Waals surface area contributed by atoms with E-state index in [-0.39, 0.29) is 11.8 Å². The minimum Gasteiger partial charge on any atom is -0.483 e. The molecule has 0 spiro atoms. The van der Waals surface area contributed by atoms with Crippen molar-refractivity contribution in [3.05, 3.63) is 58.2 Å². The van der Waals surface area contributed by atoms with Crippen molar-refractivity contribution in [2.24, 2.45) is 0 Å². The van der Waals surface area contributed by atoms with Crippen molar-refractivity contribution in [3.63, 3.8) is 0 Å². The third-order valence-electron chi connectivity index (χ3n) is 4.44. The maximum Gasteiger partial charge on any atom is 0.307 e. The van der Waals surface area contributed by atoms with Gasteiger partial charge in [0.15, 0.2) is 17.1 Å². The van der Waals surface area contributed by atoms with Gasteiger partial charge in [-0.15, -0.1) is 10.2 Å². The van der Waals surface area contributed by atoms with Gasteiger partial charge in [0.05, 0.1) is 10.8 Å². The summed E-state index contributed by atoms with van der Waals surface area (Å²) < 4.78 is 9.55. The fraction of sp³-hybridized carbons (Fsp3) is 0.421. The van der Waals surface area contributed by atoms with E-state index < -0.39 is 4.92 Å². The molecular weight excluding hydrogens is 392 g/mol. The number of nitrogens with zero attached hydrogens (tertiary/aromatic N) is 6. The van der Waals surface area contributed by atoms with Gasteiger partial charge in [0.2, 0.25) is 0 Å². The average molecular weight is 417 g/mol. The first kappa shape index (κ1) is 20.8. The lowest BCUT2D eigenvalue weighted by Crippen LogP contribution is -2.12. The summed E-state index contributed by atoms with van der Waals surface area (Å²) >= 11 is 1.41. The summed E-state index contributed by atoms with van der Waals surface area (Å²) in [7, 11) is 0. The monoisotopic (exact) mass is 416 g/mol. The van der Waals surface area contributed by atoms with Gasteiger partial charge in [0, 0.05) is 6.54 Å². The second-order valence-corrected chi connectivity index (χ2v) is 7.75. The Balaban J connectivity index is 1.68. The summed E-state index contributed by atoms with van der Waals surface area (Å²) in [5.74, 6) is 2.39. The third kappa shape index (κ3) is 4.94. The number of thioether (sulfide) groups is 1. The van der Waals surface area contributed by atoms with E-state index in [0.717, 1.165) is 11.6 Å². The fourth-order valence-electron chi connectivity index (χ4n) is 2.83. The first-order valence-corrected chi connectivity index (χ1v) is 10.4. The molecule has 10 heteroatoms. The SMILES string of the molecule is CCn1c(SCn2cc([N+](=O)[O-])cn2)nnc1C(C)Oc1ccc(C(C)C)cc1. The molecule has 0 saturated carbocycles. The zero-order valence-electron chi connectivity index (χ0n) is 16.8. The van der Waals surface area contributed by atoms with E-state index in [0.29, 0.717) is 23.5 Å². The molecule has 0 saturated heterocycles. The number of hydrogen-bond acceptors (Lipinski definition) is 7. The number of aromatic nitrogens is 5. The summed E-state index contributed by atoms with van der Waals surface area (Å²) in [5, 5.41) is 24.1. The van der Waals surface area contributed by atoms with Crippen molar-refractivity contribution in [1.29, 1.82) is 0 Å². The van der Waals surface area contributed by atoms with Crippen molar-refractivity contribution < 1.29 is 9.66 Å². The largest absolute Gasteiger partial charge is 0.483 e. The predicted octanol–water partition coefficient (Wildman–Crippen LogP) is 4.42. The summed E-state index contributed by atoms with van der Waals surface area (Å²) in [6.45, 7) is 8.95. The van der Waals surface area contributed by atoms with Crippen LogP contribution in [0.4, 0.5) is 5.69 Å². The van der Waals surface area contributed by atoms with Crippen molar-refractivity contribution >= 4 is 17.4 Å². The molecule has 3 aromatic rings. The summed E-state index contributed by atoms with van der Waals surface area (Å²) in [6.07, 6.45) is 2.36. The van der Waals surface area contributed by atoms with E-state index in [1.165, 1.54) is 34.4 Å². The zero-order chi connectivity index (χ0) is 21.0. The Labute approximate surface area is 173 Å². The lowest BCUT2D eigenvalue weighted by atomic mass is 10.0. The molecule has 0 aliphatic carbocycles. The van der Waals surface area contributed by atoms with Crippen molar-refractivity contribution in [1.82, 2.24) is 24.5 Å². The maximum absolute atomic E-state index is 10.8. The Kier molecular flexibility index (Phi) is 6.53. The molecule has 0 amide bonds.